The predicted molar refractivity (Wildman–Crippen MR) is 114 cm³/mol. The third kappa shape index (κ3) is 4.48. The zero-order valence-electron chi connectivity index (χ0n) is 16.0. The van der Waals surface area contributed by atoms with Crippen LogP contribution in [0.15, 0.2) is 60.7 Å². The summed E-state index contributed by atoms with van der Waals surface area (Å²) in [5, 5.41) is 3.26. The van der Waals surface area contributed by atoms with Crippen molar-refractivity contribution < 1.29 is 19.1 Å². The Morgan fingerprint density at radius 3 is 2.41 bits per heavy atom. The number of nitrogens with one attached hydrogen (secondary N) is 1. The lowest BCUT2D eigenvalue weighted by Gasteiger charge is -2.08. The van der Waals surface area contributed by atoms with Gasteiger partial charge in [0.2, 0.25) is 0 Å². The summed E-state index contributed by atoms with van der Waals surface area (Å²) >= 11 is 1.21. The molecule has 6 nitrogen and oxygen atoms in total. The number of para-hydroxylation sites is 1. The first-order valence-corrected chi connectivity index (χ1v) is 9.82. The second-order valence-corrected chi connectivity index (χ2v) is 7.21. The first kappa shape index (κ1) is 20.2. The summed E-state index contributed by atoms with van der Waals surface area (Å²) in [6.07, 6.45) is 0. The molecule has 0 saturated heterocycles. The second-order valence-electron chi connectivity index (χ2n) is 6.16. The molecule has 2 aromatic carbocycles. The molecule has 0 spiro atoms. The van der Waals surface area contributed by atoms with Crippen LogP contribution in [0.2, 0.25) is 0 Å². The Bertz CT molecular complexity index is 1100. The molecule has 1 heterocycles. The molecular weight excluding hydrogens is 386 g/mol. The highest BCUT2D eigenvalue weighted by atomic mass is 32.1. The fraction of sp³-hybridized carbons (Fsp3) is 0.136. The monoisotopic (exact) mass is 405 g/mol. The van der Waals surface area contributed by atoms with Gasteiger partial charge in [-0.3, -0.25) is 4.79 Å². The third-order valence-electron chi connectivity index (χ3n) is 4.19. The predicted octanol–water partition coefficient (Wildman–Crippen LogP) is 4.88. The Kier molecular flexibility index (Phi) is 6.34. The van der Waals surface area contributed by atoms with Crippen LogP contribution in [-0.4, -0.2) is 28.9 Å². The van der Waals surface area contributed by atoms with E-state index in [0.717, 1.165) is 21.7 Å². The summed E-state index contributed by atoms with van der Waals surface area (Å²) in [6, 6.07) is 19.1. The largest absolute Gasteiger partial charge is 0.457 e. The summed E-state index contributed by atoms with van der Waals surface area (Å²) in [7, 11) is 0. The fourth-order valence-electron chi connectivity index (χ4n) is 2.74. The van der Waals surface area contributed by atoms with Gasteiger partial charge in [0, 0.05) is 10.6 Å². The number of hydrogen-bond acceptors (Lipinski definition) is 5. The van der Waals surface area contributed by atoms with Crippen molar-refractivity contribution in [3.05, 3.63) is 76.6 Å². The Hall–Kier alpha value is -3.54. The Labute approximate surface area is 172 Å². The van der Waals surface area contributed by atoms with Crippen molar-refractivity contribution in [1.29, 1.82) is 0 Å². The number of thiophene rings is 1. The smallest absolute Gasteiger partial charge is 0.447 e. The van der Waals surface area contributed by atoms with Gasteiger partial charge in [-0.1, -0.05) is 48.5 Å². The van der Waals surface area contributed by atoms with Crippen molar-refractivity contribution in [2.75, 3.05) is 11.9 Å². The molecule has 0 atom stereocenters. The van der Waals surface area contributed by atoms with E-state index in [1.807, 2.05) is 67.6 Å². The topological polar surface area (TPSA) is 91.8 Å². The zero-order valence-corrected chi connectivity index (χ0v) is 16.8. The van der Waals surface area contributed by atoms with Gasteiger partial charge in [-0.25, -0.2) is 4.79 Å². The van der Waals surface area contributed by atoms with Crippen LogP contribution in [0.1, 0.15) is 22.2 Å². The average Bonchev–Trinajstić information content (AvgIpc) is 3.15. The van der Waals surface area contributed by atoms with E-state index < -0.39 is 17.5 Å². The molecule has 1 aromatic heterocycles. The lowest BCUT2D eigenvalue weighted by molar-refractivity contribution is -0.139. The van der Waals surface area contributed by atoms with Crippen LogP contribution < -0.4 is 5.32 Å². The number of carbonyl (C=O) groups excluding carboxylic acids is 2. The first-order valence-electron chi connectivity index (χ1n) is 9.01. The van der Waals surface area contributed by atoms with Crippen molar-refractivity contribution >= 4 is 40.2 Å². The Morgan fingerprint density at radius 1 is 1.07 bits per heavy atom. The van der Waals surface area contributed by atoms with Gasteiger partial charge in [-0.15, -0.1) is 11.3 Å². The van der Waals surface area contributed by atoms with Crippen molar-refractivity contribution in [2.24, 2.45) is 0 Å². The third-order valence-corrected chi connectivity index (χ3v) is 5.38. The van der Waals surface area contributed by atoms with Gasteiger partial charge in [0.05, 0.1) is 12.3 Å². The highest BCUT2D eigenvalue weighted by Crippen LogP contribution is 2.37. The maximum atomic E-state index is 13.0. The number of Topliss-reactive ketones (excluding diaryl/α,β-unsaturated/α-hetero) is 1. The minimum Gasteiger partial charge on any atom is -0.457 e. The average molecular weight is 405 g/mol. The van der Waals surface area contributed by atoms with E-state index >= 15 is 0 Å². The molecule has 0 unspecified atom stereocenters. The first-order chi connectivity index (χ1) is 14.0. The van der Waals surface area contributed by atoms with Crippen molar-refractivity contribution in [3.63, 3.8) is 0 Å². The molecule has 0 aliphatic rings. The minimum absolute atomic E-state index is 0.0686. The number of rotatable bonds is 7. The highest BCUT2D eigenvalue weighted by molar-refractivity contribution is 7.19. The zero-order chi connectivity index (χ0) is 20.8. The van der Waals surface area contributed by atoms with Gasteiger partial charge in [0.15, 0.2) is 0 Å². The molecule has 0 saturated carbocycles. The molecule has 0 fully saturated rings. The molecule has 1 N–H and O–H groups in total. The lowest BCUT2D eigenvalue weighted by atomic mass is 10.1. The van der Waals surface area contributed by atoms with Gasteiger partial charge in [-0.2, -0.15) is 4.79 Å². The summed E-state index contributed by atoms with van der Waals surface area (Å²) in [5.74, 6) is -1.66. The van der Waals surface area contributed by atoms with E-state index in [1.54, 1.807) is 6.92 Å². The van der Waals surface area contributed by atoms with Crippen molar-refractivity contribution in [2.45, 2.75) is 13.8 Å². The molecular formula is C22H19N3O3S. The lowest BCUT2D eigenvalue weighted by Crippen LogP contribution is -2.27. The highest BCUT2D eigenvalue weighted by Gasteiger charge is 2.35. The standard InChI is InChI=1S/C22H19N3O3S/c1-3-28-22(27)19(25-23)20(26)21-17(24-16-12-8-7-9-14(16)2)13-18(29-21)15-10-5-4-6-11-15/h4-13,24H,3H2,1-2H3. The number of benzene rings is 2. The van der Waals surface area contributed by atoms with Crippen LogP contribution in [0.3, 0.4) is 0 Å². The summed E-state index contributed by atoms with van der Waals surface area (Å²) in [5.41, 5.74) is 11.9. The van der Waals surface area contributed by atoms with Crippen LogP contribution in [0, 0.1) is 6.92 Å². The summed E-state index contributed by atoms with van der Waals surface area (Å²) in [4.78, 5) is 29.1. The van der Waals surface area contributed by atoms with Crippen LogP contribution in [0.25, 0.3) is 16.0 Å². The second kappa shape index (κ2) is 9.10. The van der Waals surface area contributed by atoms with Gasteiger partial charge in [0.1, 0.15) is 4.88 Å². The fourth-order valence-corrected chi connectivity index (χ4v) is 3.80. The van der Waals surface area contributed by atoms with E-state index in [1.165, 1.54) is 11.3 Å². The molecule has 0 bridgehead atoms. The van der Waals surface area contributed by atoms with Crippen LogP contribution in [0.5, 0.6) is 0 Å². The molecule has 29 heavy (non-hydrogen) atoms. The maximum absolute atomic E-state index is 13.0. The quantitative estimate of drug-likeness (QED) is 0.151. The van der Waals surface area contributed by atoms with Gasteiger partial charge < -0.3 is 15.6 Å². The molecule has 7 heteroatoms. The van der Waals surface area contributed by atoms with Crippen molar-refractivity contribution in [1.82, 2.24) is 0 Å². The molecule has 0 amide bonds. The molecule has 0 radical (unpaired) electrons. The van der Waals surface area contributed by atoms with Crippen LogP contribution in [0.4, 0.5) is 11.4 Å². The summed E-state index contributed by atoms with van der Waals surface area (Å²) in [6.45, 7) is 3.63. The van der Waals surface area contributed by atoms with Crippen molar-refractivity contribution in [3.8, 4) is 10.4 Å². The number of ketones is 1. The minimum atomic E-state index is -0.962. The van der Waals surface area contributed by atoms with Gasteiger partial charge in [0.25, 0.3) is 5.78 Å². The SMILES string of the molecule is CCOC(=O)C(=[N+]=[N-])C(=O)c1sc(-c2ccccc2)cc1Nc1ccccc1C. The number of aryl methyl sites for hydroxylation is 1. The van der Waals surface area contributed by atoms with E-state index in [2.05, 4.69) is 10.1 Å². The summed E-state index contributed by atoms with van der Waals surface area (Å²) < 4.78 is 4.84. The van der Waals surface area contributed by atoms with E-state index in [-0.39, 0.29) is 11.5 Å². The van der Waals surface area contributed by atoms with E-state index in [4.69, 9.17) is 4.74 Å². The van der Waals surface area contributed by atoms with Gasteiger partial charge in [-0.05, 0) is 37.1 Å². The number of esters is 1. The Morgan fingerprint density at radius 2 is 1.76 bits per heavy atom. The molecule has 0 aliphatic carbocycles. The molecule has 3 aromatic rings. The normalized spacial score (nSPS) is 10.1. The van der Waals surface area contributed by atoms with E-state index in [0.29, 0.717) is 5.69 Å². The maximum Gasteiger partial charge on any atom is 0.447 e. The van der Waals surface area contributed by atoms with E-state index in [9.17, 15) is 15.1 Å². The van der Waals surface area contributed by atoms with Crippen LogP contribution >= 0.6 is 11.3 Å². The number of anilines is 2. The van der Waals surface area contributed by atoms with Gasteiger partial charge >= 0.3 is 11.7 Å². The number of hydrogen-bond donors (Lipinski definition) is 1. The van der Waals surface area contributed by atoms with Crippen LogP contribution in [-0.2, 0) is 9.53 Å². The number of carbonyl (C=O) groups is 2. The number of nitrogens with zero attached hydrogens (tertiary/aromatic N) is 2. The Balaban J connectivity index is 2.07. The molecule has 3 rings (SSSR count). The molecule has 146 valence electrons. The number of ether oxygens (including phenoxy) is 1. The molecule has 0 aliphatic heterocycles.